The van der Waals surface area contributed by atoms with Crippen LogP contribution in [-0.4, -0.2) is 46.9 Å². The SMILES string of the molecule is CN(CC1CCOCC1)c1ncnc2[nH]c(-c3cccc(CO)c3)cc12. The van der Waals surface area contributed by atoms with E-state index in [-0.39, 0.29) is 6.61 Å². The van der Waals surface area contributed by atoms with Crippen LogP contribution < -0.4 is 4.90 Å². The van der Waals surface area contributed by atoms with E-state index < -0.39 is 0 Å². The number of nitrogens with one attached hydrogen (secondary N) is 1. The van der Waals surface area contributed by atoms with E-state index in [1.807, 2.05) is 24.3 Å². The Balaban J connectivity index is 1.64. The van der Waals surface area contributed by atoms with Gasteiger partial charge in [0.1, 0.15) is 17.8 Å². The first-order chi connectivity index (χ1) is 12.7. The van der Waals surface area contributed by atoms with Crippen molar-refractivity contribution in [2.75, 3.05) is 31.7 Å². The lowest BCUT2D eigenvalue weighted by atomic mass is 10.00. The first kappa shape index (κ1) is 17.0. The van der Waals surface area contributed by atoms with Crippen LogP contribution in [0.4, 0.5) is 5.82 Å². The zero-order chi connectivity index (χ0) is 17.9. The summed E-state index contributed by atoms with van der Waals surface area (Å²) < 4.78 is 5.46. The van der Waals surface area contributed by atoms with Gasteiger partial charge in [0.05, 0.1) is 12.0 Å². The second-order valence-electron chi connectivity index (χ2n) is 6.94. The number of aliphatic hydroxyl groups excluding tert-OH is 1. The van der Waals surface area contributed by atoms with E-state index in [2.05, 4.69) is 33.0 Å². The van der Waals surface area contributed by atoms with E-state index in [1.54, 1.807) is 6.33 Å². The molecule has 1 saturated heterocycles. The summed E-state index contributed by atoms with van der Waals surface area (Å²) in [6, 6.07) is 9.99. The van der Waals surface area contributed by atoms with Gasteiger partial charge < -0.3 is 19.7 Å². The number of fused-ring (bicyclic) bond motifs is 1. The Bertz CT molecular complexity index is 886. The van der Waals surface area contributed by atoms with E-state index in [4.69, 9.17) is 4.74 Å². The number of nitrogens with zero attached hydrogens (tertiary/aromatic N) is 3. The molecule has 0 radical (unpaired) electrons. The molecule has 26 heavy (non-hydrogen) atoms. The molecule has 6 heteroatoms. The normalized spacial score (nSPS) is 15.5. The minimum atomic E-state index is 0.0347. The van der Waals surface area contributed by atoms with E-state index in [0.717, 1.165) is 66.3 Å². The molecule has 0 amide bonds. The molecule has 4 rings (SSSR count). The molecule has 0 bridgehead atoms. The van der Waals surface area contributed by atoms with Crippen molar-refractivity contribution in [2.45, 2.75) is 19.4 Å². The Labute approximate surface area is 152 Å². The van der Waals surface area contributed by atoms with Crippen molar-refractivity contribution in [3.63, 3.8) is 0 Å². The molecule has 136 valence electrons. The third kappa shape index (κ3) is 3.43. The maximum absolute atomic E-state index is 9.37. The predicted octanol–water partition coefficient (Wildman–Crippen LogP) is 2.98. The van der Waals surface area contributed by atoms with Gasteiger partial charge in [0.2, 0.25) is 0 Å². The van der Waals surface area contributed by atoms with Crippen molar-refractivity contribution < 1.29 is 9.84 Å². The lowest BCUT2D eigenvalue weighted by Crippen LogP contribution is -2.30. The third-order valence-electron chi connectivity index (χ3n) is 5.06. The summed E-state index contributed by atoms with van der Waals surface area (Å²) in [6.07, 6.45) is 3.82. The van der Waals surface area contributed by atoms with Crippen molar-refractivity contribution in [1.82, 2.24) is 15.0 Å². The van der Waals surface area contributed by atoms with Crippen LogP contribution in [0.2, 0.25) is 0 Å². The molecule has 0 spiro atoms. The fourth-order valence-corrected chi connectivity index (χ4v) is 3.63. The highest BCUT2D eigenvalue weighted by molar-refractivity contribution is 5.91. The molecule has 1 aromatic carbocycles. The lowest BCUT2D eigenvalue weighted by Gasteiger charge is -2.27. The lowest BCUT2D eigenvalue weighted by molar-refractivity contribution is 0.0685. The average Bonchev–Trinajstić information content (AvgIpc) is 3.13. The average molecular weight is 352 g/mol. The highest BCUT2D eigenvalue weighted by atomic mass is 16.5. The summed E-state index contributed by atoms with van der Waals surface area (Å²) in [5, 5.41) is 10.4. The van der Waals surface area contributed by atoms with E-state index >= 15 is 0 Å². The summed E-state index contributed by atoms with van der Waals surface area (Å²) in [5.74, 6) is 1.58. The Morgan fingerprint density at radius 1 is 1.23 bits per heavy atom. The zero-order valence-electron chi connectivity index (χ0n) is 15.0. The highest BCUT2D eigenvalue weighted by Crippen LogP contribution is 2.29. The Morgan fingerprint density at radius 3 is 2.88 bits per heavy atom. The smallest absolute Gasteiger partial charge is 0.143 e. The molecule has 0 unspecified atom stereocenters. The number of rotatable bonds is 5. The number of aromatic nitrogens is 3. The van der Waals surface area contributed by atoms with Crippen molar-refractivity contribution in [2.24, 2.45) is 5.92 Å². The molecular weight excluding hydrogens is 328 g/mol. The van der Waals surface area contributed by atoms with Crippen LogP contribution in [0, 0.1) is 5.92 Å². The fraction of sp³-hybridized carbons (Fsp3) is 0.400. The summed E-state index contributed by atoms with van der Waals surface area (Å²) in [4.78, 5) is 14.5. The van der Waals surface area contributed by atoms with Crippen LogP contribution in [0.1, 0.15) is 18.4 Å². The number of hydrogen-bond acceptors (Lipinski definition) is 5. The van der Waals surface area contributed by atoms with Gasteiger partial charge in [-0.15, -0.1) is 0 Å². The predicted molar refractivity (Wildman–Crippen MR) is 102 cm³/mol. The first-order valence-corrected chi connectivity index (χ1v) is 9.07. The molecule has 0 aliphatic carbocycles. The fourth-order valence-electron chi connectivity index (χ4n) is 3.63. The van der Waals surface area contributed by atoms with Gasteiger partial charge in [0.15, 0.2) is 0 Å². The topological polar surface area (TPSA) is 74.3 Å². The molecule has 1 fully saturated rings. The number of anilines is 1. The maximum atomic E-state index is 9.37. The second-order valence-corrected chi connectivity index (χ2v) is 6.94. The van der Waals surface area contributed by atoms with Crippen LogP contribution in [0.15, 0.2) is 36.7 Å². The molecule has 2 aromatic heterocycles. The molecule has 0 saturated carbocycles. The number of ether oxygens (including phenoxy) is 1. The molecule has 1 aliphatic heterocycles. The Hall–Kier alpha value is -2.44. The Morgan fingerprint density at radius 2 is 2.08 bits per heavy atom. The van der Waals surface area contributed by atoms with Gasteiger partial charge in [-0.2, -0.15) is 0 Å². The van der Waals surface area contributed by atoms with Gasteiger partial charge in [0.25, 0.3) is 0 Å². The van der Waals surface area contributed by atoms with Gasteiger partial charge in [-0.3, -0.25) is 0 Å². The number of aliphatic hydroxyl groups is 1. The highest BCUT2D eigenvalue weighted by Gasteiger charge is 2.19. The van der Waals surface area contributed by atoms with Crippen LogP contribution in [0.25, 0.3) is 22.3 Å². The first-order valence-electron chi connectivity index (χ1n) is 9.07. The van der Waals surface area contributed by atoms with Crippen LogP contribution >= 0.6 is 0 Å². The number of hydrogen-bond donors (Lipinski definition) is 2. The van der Waals surface area contributed by atoms with Crippen LogP contribution in [0.5, 0.6) is 0 Å². The van der Waals surface area contributed by atoms with Gasteiger partial charge in [0, 0.05) is 32.5 Å². The van der Waals surface area contributed by atoms with Crippen molar-refractivity contribution >= 4 is 16.9 Å². The summed E-state index contributed by atoms with van der Waals surface area (Å²) >= 11 is 0. The van der Waals surface area contributed by atoms with Crippen molar-refractivity contribution in [1.29, 1.82) is 0 Å². The van der Waals surface area contributed by atoms with E-state index in [9.17, 15) is 5.11 Å². The summed E-state index contributed by atoms with van der Waals surface area (Å²) in [7, 11) is 2.09. The van der Waals surface area contributed by atoms with Crippen molar-refractivity contribution in [3.05, 3.63) is 42.2 Å². The zero-order valence-corrected chi connectivity index (χ0v) is 15.0. The maximum Gasteiger partial charge on any atom is 0.143 e. The van der Waals surface area contributed by atoms with Gasteiger partial charge in [-0.05, 0) is 42.0 Å². The minimum absolute atomic E-state index is 0.0347. The molecule has 3 heterocycles. The molecule has 6 nitrogen and oxygen atoms in total. The summed E-state index contributed by atoms with van der Waals surface area (Å²) in [5.41, 5.74) is 3.74. The minimum Gasteiger partial charge on any atom is -0.392 e. The number of H-pyrrole nitrogens is 1. The van der Waals surface area contributed by atoms with Gasteiger partial charge >= 0.3 is 0 Å². The van der Waals surface area contributed by atoms with Crippen LogP contribution in [-0.2, 0) is 11.3 Å². The van der Waals surface area contributed by atoms with Gasteiger partial charge in [-0.25, -0.2) is 9.97 Å². The van der Waals surface area contributed by atoms with E-state index in [1.165, 1.54) is 0 Å². The largest absolute Gasteiger partial charge is 0.392 e. The molecule has 0 atom stereocenters. The number of aromatic amines is 1. The molecule has 3 aromatic rings. The monoisotopic (exact) mass is 352 g/mol. The van der Waals surface area contributed by atoms with Crippen LogP contribution in [0.3, 0.4) is 0 Å². The molecule has 1 aliphatic rings. The van der Waals surface area contributed by atoms with Gasteiger partial charge in [-0.1, -0.05) is 18.2 Å². The third-order valence-corrected chi connectivity index (χ3v) is 5.06. The second kappa shape index (κ2) is 7.43. The standard InChI is InChI=1S/C20H24N4O2/c1-24(11-14-5-7-26-8-6-14)20-17-10-18(23-19(17)21-13-22-20)16-4-2-3-15(9-16)12-25/h2-4,9-10,13-14,25H,5-8,11-12H2,1H3,(H,21,22,23). The number of benzene rings is 1. The molecule has 2 N–H and O–H groups in total. The Kier molecular flexibility index (Phi) is 4.86. The summed E-state index contributed by atoms with van der Waals surface area (Å²) in [6.45, 7) is 2.71. The van der Waals surface area contributed by atoms with Crippen molar-refractivity contribution in [3.8, 4) is 11.3 Å². The quantitative estimate of drug-likeness (QED) is 0.738. The molecular formula is C20H24N4O2. The van der Waals surface area contributed by atoms with E-state index in [0.29, 0.717) is 5.92 Å².